The average Bonchev–Trinajstić information content (AvgIpc) is 3.02. The number of nitriles is 1. The number of hydrogen-bond acceptors (Lipinski definition) is 8. The molecule has 0 fully saturated rings. The predicted octanol–water partition coefficient (Wildman–Crippen LogP) is 2.76. The normalized spacial score (nSPS) is 14.5. The number of carbonyl (C=O) groups is 2. The van der Waals surface area contributed by atoms with Gasteiger partial charge in [-0.05, 0) is 24.3 Å². The van der Waals surface area contributed by atoms with Gasteiger partial charge in [-0.2, -0.15) is 5.26 Å². The van der Waals surface area contributed by atoms with Crippen LogP contribution in [-0.4, -0.2) is 40.1 Å². The van der Waals surface area contributed by atoms with E-state index in [2.05, 4.69) is 4.72 Å². The summed E-state index contributed by atoms with van der Waals surface area (Å²) in [6.07, 6.45) is 0.956. The van der Waals surface area contributed by atoms with Crippen molar-refractivity contribution in [3.63, 3.8) is 0 Å². The van der Waals surface area contributed by atoms with Crippen LogP contribution in [0.2, 0.25) is 0 Å². The van der Waals surface area contributed by atoms with Crippen molar-refractivity contribution in [2.45, 2.75) is 4.90 Å². The Morgan fingerprint density at radius 2 is 1.83 bits per heavy atom. The molecule has 0 spiro atoms. The number of thioether (sulfide) groups is 1. The molecule has 0 saturated heterocycles. The van der Waals surface area contributed by atoms with Crippen molar-refractivity contribution in [2.75, 3.05) is 29.5 Å². The Labute approximate surface area is 178 Å². The maximum atomic E-state index is 12.6. The Bertz CT molecular complexity index is 1200. The van der Waals surface area contributed by atoms with Gasteiger partial charge in [0, 0.05) is 11.9 Å². The summed E-state index contributed by atoms with van der Waals surface area (Å²) >= 11 is 1.29. The Hall–Kier alpha value is -3.29. The molecule has 3 rings (SSSR count). The van der Waals surface area contributed by atoms with Crippen molar-refractivity contribution >= 4 is 44.9 Å². The van der Waals surface area contributed by atoms with Crippen molar-refractivity contribution in [3.05, 3.63) is 64.7 Å². The maximum absolute atomic E-state index is 12.6. The van der Waals surface area contributed by atoms with Gasteiger partial charge in [0.2, 0.25) is 15.8 Å². The lowest BCUT2D eigenvalue weighted by molar-refractivity contribution is -0.118. The number of para-hydroxylation sites is 2. The number of benzene rings is 2. The molecule has 0 bridgehead atoms. The summed E-state index contributed by atoms with van der Waals surface area (Å²) in [5.74, 6) is -1.53. The fourth-order valence-electron chi connectivity index (χ4n) is 2.78. The van der Waals surface area contributed by atoms with E-state index in [4.69, 9.17) is 4.74 Å². The molecule has 30 heavy (non-hydrogen) atoms. The van der Waals surface area contributed by atoms with Crippen molar-refractivity contribution in [1.29, 1.82) is 5.26 Å². The standard InChI is InChI=1S/C20H17N3O5S2/c1-23-16-9-5-6-10-18(16)29-19(23)14(11-21)17(24)12-28-20(25)13-7-3-4-8-15(13)22-30(2,26)27/h3-10,22H,12H2,1-2H3/b19-14-. The number of fused-ring (bicyclic) bond motifs is 1. The molecule has 1 aliphatic heterocycles. The molecule has 0 aliphatic carbocycles. The Morgan fingerprint density at radius 3 is 2.50 bits per heavy atom. The number of sulfonamides is 1. The molecule has 0 aromatic heterocycles. The predicted molar refractivity (Wildman–Crippen MR) is 114 cm³/mol. The van der Waals surface area contributed by atoms with E-state index in [9.17, 15) is 23.3 Å². The summed E-state index contributed by atoms with van der Waals surface area (Å²) in [4.78, 5) is 27.7. The second kappa shape index (κ2) is 8.61. The number of hydrogen-bond donors (Lipinski definition) is 1. The van der Waals surface area contributed by atoms with Crippen LogP contribution >= 0.6 is 11.8 Å². The molecule has 0 atom stereocenters. The van der Waals surface area contributed by atoms with E-state index >= 15 is 0 Å². The molecule has 8 nitrogen and oxygen atoms in total. The van der Waals surface area contributed by atoms with Gasteiger partial charge < -0.3 is 9.64 Å². The van der Waals surface area contributed by atoms with Crippen molar-refractivity contribution < 1.29 is 22.7 Å². The monoisotopic (exact) mass is 443 g/mol. The number of ether oxygens (including phenoxy) is 1. The molecule has 0 amide bonds. The molecule has 2 aromatic rings. The number of Topliss-reactive ketones (excluding diaryl/α,β-unsaturated/α-hetero) is 1. The van der Waals surface area contributed by atoms with E-state index in [1.807, 2.05) is 30.3 Å². The Balaban J connectivity index is 1.76. The first-order chi connectivity index (χ1) is 14.2. The maximum Gasteiger partial charge on any atom is 0.340 e. The minimum Gasteiger partial charge on any atom is -0.454 e. The van der Waals surface area contributed by atoms with Crippen molar-refractivity contribution in [2.24, 2.45) is 0 Å². The van der Waals surface area contributed by atoms with E-state index in [1.165, 1.54) is 30.0 Å². The summed E-state index contributed by atoms with van der Waals surface area (Å²) in [5, 5.41) is 9.98. The summed E-state index contributed by atoms with van der Waals surface area (Å²) in [6.45, 7) is -0.650. The first kappa shape index (κ1) is 21.4. The van der Waals surface area contributed by atoms with Crippen LogP contribution in [0.1, 0.15) is 10.4 Å². The van der Waals surface area contributed by atoms with Crippen LogP contribution in [-0.2, 0) is 19.6 Å². The molecular formula is C20H17N3O5S2. The third-order valence-corrected chi connectivity index (χ3v) is 5.95. The molecular weight excluding hydrogens is 426 g/mol. The van der Waals surface area contributed by atoms with Crippen LogP contribution in [0.25, 0.3) is 0 Å². The number of anilines is 2. The van der Waals surface area contributed by atoms with Crippen LogP contribution in [0.15, 0.2) is 64.0 Å². The van der Waals surface area contributed by atoms with Gasteiger partial charge in [-0.15, -0.1) is 0 Å². The fourth-order valence-corrected chi connectivity index (χ4v) is 4.52. The van der Waals surface area contributed by atoms with E-state index < -0.39 is 28.4 Å². The molecule has 1 heterocycles. The van der Waals surface area contributed by atoms with Gasteiger partial charge in [0.05, 0.1) is 23.2 Å². The van der Waals surface area contributed by atoms with Gasteiger partial charge >= 0.3 is 5.97 Å². The van der Waals surface area contributed by atoms with Gasteiger partial charge in [0.25, 0.3) is 0 Å². The second-order valence-corrected chi connectivity index (χ2v) is 9.12. The highest BCUT2D eigenvalue weighted by molar-refractivity contribution is 8.03. The van der Waals surface area contributed by atoms with Crippen LogP contribution < -0.4 is 9.62 Å². The van der Waals surface area contributed by atoms with E-state index in [-0.39, 0.29) is 16.8 Å². The topological polar surface area (TPSA) is 117 Å². The Kier molecular flexibility index (Phi) is 6.14. The number of ketones is 1. The van der Waals surface area contributed by atoms with Gasteiger partial charge in [-0.1, -0.05) is 36.0 Å². The number of esters is 1. The number of nitrogens with one attached hydrogen (secondary N) is 1. The number of carbonyl (C=O) groups excluding carboxylic acids is 2. The molecule has 0 unspecified atom stereocenters. The van der Waals surface area contributed by atoms with E-state index in [0.29, 0.717) is 5.03 Å². The SMILES string of the molecule is CN1/C(=C(\C#N)C(=O)COC(=O)c2ccccc2NS(C)(=O)=O)Sc2ccccc21. The second-order valence-electron chi connectivity index (χ2n) is 6.34. The van der Waals surface area contributed by atoms with Gasteiger partial charge in [-0.3, -0.25) is 9.52 Å². The van der Waals surface area contributed by atoms with Crippen LogP contribution in [0.4, 0.5) is 11.4 Å². The average molecular weight is 444 g/mol. The number of rotatable bonds is 6. The highest BCUT2D eigenvalue weighted by Crippen LogP contribution is 2.46. The fraction of sp³-hybridized carbons (Fsp3) is 0.150. The minimum atomic E-state index is -3.61. The summed E-state index contributed by atoms with van der Waals surface area (Å²) in [5.41, 5.74) is 0.754. The van der Waals surface area contributed by atoms with Gasteiger partial charge in [0.1, 0.15) is 16.7 Å². The zero-order chi connectivity index (χ0) is 21.9. The molecule has 0 saturated carbocycles. The highest BCUT2D eigenvalue weighted by Gasteiger charge is 2.28. The summed E-state index contributed by atoms with van der Waals surface area (Å²) in [6, 6.07) is 15.3. The van der Waals surface area contributed by atoms with Crippen molar-refractivity contribution in [3.8, 4) is 6.07 Å². The molecule has 1 N–H and O–H groups in total. The van der Waals surface area contributed by atoms with E-state index in [1.54, 1.807) is 18.0 Å². The first-order valence-electron chi connectivity index (χ1n) is 8.63. The molecule has 154 valence electrons. The minimum absolute atomic E-state index is 0.0397. The molecule has 1 aliphatic rings. The van der Waals surface area contributed by atoms with Gasteiger partial charge in [0.15, 0.2) is 6.61 Å². The molecule has 10 heteroatoms. The molecule has 2 aromatic carbocycles. The van der Waals surface area contributed by atoms with Crippen LogP contribution in [0, 0.1) is 11.3 Å². The summed E-state index contributed by atoms with van der Waals surface area (Å²) in [7, 11) is -1.86. The quantitative estimate of drug-likeness (QED) is 0.412. The lowest BCUT2D eigenvalue weighted by Gasteiger charge is -2.15. The zero-order valence-corrected chi connectivity index (χ0v) is 17.7. The lowest BCUT2D eigenvalue weighted by atomic mass is 10.2. The smallest absolute Gasteiger partial charge is 0.340 e. The zero-order valence-electron chi connectivity index (χ0n) is 16.1. The largest absolute Gasteiger partial charge is 0.454 e. The highest BCUT2D eigenvalue weighted by atomic mass is 32.2. The third-order valence-electron chi connectivity index (χ3n) is 4.12. The first-order valence-corrected chi connectivity index (χ1v) is 11.3. The summed E-state index contributed by atoms with van der Waals surface area (Å²) < 4.78 is 30.2. The van der Waals surface area contributed by atoms with Crippen LogP contribution in [0.3, 0.4) is 0 Å². The van der Waals surface area contributed by atoms with Crippen LogP contribution in [0.5, 0.6) is 0 Å². The lowest BCUT2D eigenvalue weighted by Crippen LogP contribution is -2.21. The number of nitrogens with zero attached hydrogens (tertiary/aromatic N) is 2. The van der Waals surface area contributed by atoms with E-state index in [0.717, 1.165) is 16.8 Å². The van der Waals surface area contributed by atoms with Crippen molar-refractivity contribution in [1.82, 2.24) is 0 Å². The third kappa shape index (κ3) is 4.64. The van der Waals surface area contributed by atoms with Gasteiger partial charge in [-0.25, -0.2) is 13.2 Å². The Morgan fingerprint density at radius 1 is 1.17 bits per heavy atom. The molecule has 0 radical (unpaired) electrons.